The van der Waals surface area contributed by atoms with Crippen LogP contribution in [0.5, 0.6) is 11.5 Å². The summed E-state index contributed by atoms with van der Waals surface area (Å²) in [6, 6.07) is 7.94. The summed E-state index contributed by atoms with van der Waals surface area (Å²) in [5.41, 5.74) is 3.18. The SMILES string of the molecule is COc1c(OCCO)cc(C(C)C)c(/C=C/[C@@H]2C[C@@H](O)CC(=O)O2)c1-c1ccc(F)cc1. The maximum Gasteiger partial charge on any atom is 0.309 e. The van der Waals surface area contributed by atoms with Crippen molar-refractivity contribution < 1.29 is 33.6 Å². The minimum absolute atomic E-state index is 0.00682. The Morgan fingerprint density at radius 1 is 1.28 bits per heavy atom. The summed E-state index contributed by atoms with van der Waals surface area (Å²) in [5.74, 6) is 0.225. The molecule has 2 atom stereocenters. The molecule has 0 aliphatic carbocycles. The Kier molecular flexibility index (Phi) is 7.88. The van der Waals surface area contributed by atoms with Crippen LogP contribution in [0, 0.1) is 5.82 Å². The Hall–Kier alpha value is -2.90. The van der Waals surface area contributed by atoms with Crippen molar-refractivity contribution in [2.24, 2.45) is 0 Å². The number of ether oxygens (including phenoxy) is 3. The third kappa shape index (κ3) is 5.47. The number of aliphatic hydroxyl groups is 2. The molecule has 0 aromatic heterocycles. The minimum atomic E-state index is -0.740. The molecule has 32 heavy (non-hydrogen) atoms. The Balaban J connectivity index is 2.19. The molecule has 1 fully saturated rings. The lowest BCUT2D eigenvalue weighted by atomic mass is 9.88. The standard InChI is InChI=1S/C25H29FO6/c1-15(2)21-14-22(31-11-10-27)25(30-3)24(16-4-6-17(26)7-5-16)20(21)9-8-19-12-18(28)13-23(29)32-19/h4-9,14-15,18-19,27-28H,10-13H2,1-3H3/b9-8+/t18-,19-/m1/s1. The van der Waals surface area contributed by atoms with Crippen molar-refractivity contribution in [3.63, 3.8) is 0 Å². The van der Waals surface area contributed by atoms with Crippen LogP contribution in [-0.2, 0) is 9.53 Å². The number of carbonyl (C=O) groups is 1. The van der Waals surface area contributed by atoms with Gasteiger partial charge in [0.2, 0.25) is 0 Å². The largest absolute Gasteiger partial charge is 0.492 e. The number of cyclic esters (lactones) is 1. The van der Waals surface area contributed by atoms with E-state index >= 15 is 0 Å². The first kappa shape index (κ1) is 23.8. The molecule has 1 aliphatic rings. The summed E-state index contributed by atoms with van der Waals surface area (Å²) in [4.78, 5) is 11.7. The van der Waals surface area contributed by atoms with Crippen LogP contribution in [0.25, 0.3) is 17.2 Å². The number of methoxy groups -OCH3 is 1. The second kappa shape index (κ2) is 10.6. The van der Waals surface area contributed by atoms with Gasteiger partial charge < -0.3 is 24.4 Å². The zero-order chi connectivity index (χ0) is 23.3. The van der Waals surface area contributed by atoms with Gasteiger partial charge in [-0.05, 0) is 46.9 Å². The summed E-state index contributed by atoms with van der Waals surface area (Å²) in [5, 5.41) is 19.2. The smallest absolute Gasteiger partial charge is 0.309 e. The number of hydrogen-bond acceptors (Lipinski definition) is 6. The lowest BCUT2D eigenvalue weighted by molar-refractivity contribution is -0.156. The number of carbonyl (C=O) groups excluding carboxylic acids is 1. The van der Waals surface area contributed by atoms with Crippen LogP contribution in [0.4, 0.5) is 4.39 Å². The van der Waals surface area contributed by atoms with Crippen LogP contribution in [0.3, 0.4) is 0 Å². The predicted molar refractivity (Wildman–Crippen MR) is 119 cm³/mol. The number of esters is 1. The van der Waals surface area contributed by atoms with Crippen LogP contribution in [0.2, 0.25) is 0 Å². The normalized spacial score (nSPS) is 18.8. The molecule has 0 spiro atoms. The van der Waals surface area contributed by atoms with Crippen molar-refractivity contribution in [1.82, 2.24) is 0 Å². The maximum atomic E-state index is 13.6. The Morgan fingerprint density at radius 2 is 2.00 bits per heavy atom. The highest BCUT2D eigenvalue weighted by atomic mass is 19.1. The molecule has 7 heteroatoms. The van der Waals surface area contributed by atoms with Gasteiger partial charge in [0.05, 0.1) is 26.2 Å². The monoisotopic (exact) mass is 444 g/mol. The maximum absolute atomic E-state index is 13.6. The van der Waals surface area contributed by atoms with Crippen LogP contribution in [0.15, 0.2) is 36.4 Å². The molecule has 0 amide bonds. The molecule has 3 rings (SSSR count). The van der Waals surface area contributed by atoms with Gasteiger partial charge in [-0.25, -0.2) is 4.39 Å². The van der Waals surface area contributed by atoms with Gasteiger partial charge in [0.15, 0.2) is 11.5 Å². The van der Waals surface area contributed by atoms with Crippen LogP contribution in [-0.4, -0.2) is 48.7 Å². The third-order valence-electron chi connectivity index (χ3n) is 5.29. The average Bonchev–Trinajstić information content (AvgIpc) is 2.75. The Morgan fingerprint density at radius 3 is 2.59 bits per heavy atom. The summed E-state index contributed by atoms with van der Waals surface area (Å²) in [7, 11) is 1.52. The van der Waals surface area contributed by atoms with Crippen molar-refractivity contribution in [3.05, 3.63) is 53.4 Å². The number of aliphatic hydroxyl groups excluding tert-OH is 2. The highest BCUT2D eigenvalue weighted by Gasteiger charge is 2.26. The molecule has 0 unspecified atom stereocenters. The molecule has 0 saturated carbocycles. The van der Waals surface area contributed by atoms with E-state index in [-0.39, 0.29) is 31.4 Å². The minimum Gasteiger partial charge on any atom is -0.492 e. The van der Waals surface area contributed by atoms with Crippen LogP contribution in [0.1, 0.15) is 43.7 Å². The molecular weight excluding hydrogens is 415 g/mol. The first-order valence-corrected chi connectivity index (χ1v) is 10.6. The number of benzene rings is 2. The van der Waals surface area contributed by atoms with Gasteiger partial charge in [-0.15, -0.1) is 0 Å². The number of halogens is 1. The van der Waals surface area contributed by atoms with Gasteiger partial charge in [-0.1, -0.05) is 32.1 Å². The van der Waals surface area contributed by atoms with E-state index in [2.05, 4.69) is 0 Å². The van der Waals surface area contributed by atoms with Gasteiger partial charge >= 0.3 is 5.97 Å². The number of rotatable bonds is 8. The topological polar surface area (TPSA) is 85.2 Å². The summed E-state index contributed by atoms with van der Waals surface area (Å²) >= 11 is 0. The molecule has 2 N–H and O–H groups in total. The molecule has 2 aromatic rings. The molecular formula is C25H29FO6. The summed E-state index contributed by atoms with van der Waals surface area (Å²) in [6.07, 6.45) is 2.62. The molecule has 6 nitrogen and oxygen atoms in total. The second-order valence-electron chi connectivity index (χ2n) is 8.00. The van der Waals surface area contributed by atoms with E-state index in [1.165, 1.54) is 19.2 Å². The molecule has 1 saturated heterocycles. The lowest BCUT2D eigenvalue weighted by Gasteiger charge is -2.25. The van der Waals surface area contributed by atoms with E-state index in [9.17, 15) is 19.4 Å². The van der Waals surface area contributed by atoms with Gasteiger partial charge in [-0.2, -0.15) is 0 Å². The fraction of sp³-hybridized carbons (Fsp3) is 0.400. The first-order chi connectivity index (χ1) is 15.3. The van der Waals surface area contributed by atoms with E-state index in [0.717, 1.165) is 16.7 Å². The Bertz CT molecular complexity index is 967. The molecule has 0 bridgehead atoms. The van der Waals surface area contributed by atoms with Gasteiger partial charge in [-0.3, -0.25) is 4.79 Å². The molecule has 0 radical (unpaired) electrons. The van der Waals surface area contributed by atoms with E-state index < -0.39 is 18.2 Å². The van der Waals surface area contributed by atoms with E-state index in [0.29, 0.717) is 23.5 Å². The van der Waals surface area contributed by atoms with E-state index in [1.807, 2.05) is 26.0 Å². The first-order valence-electron chi connectivity index (χ1n) is 10.6. The van der Waals surface area contributed by atoms with Crippen molar-refractivity contribution in [2.75, 3.05) is 20.3 Å². The highest BCUT2D eigenvalue weighted by Crippen LogP contribution is 2.45. The molecule has 1 heterocycles. The third-order valence-corrected chi connectivity index (χ3v) is 5.29. The zero-order valence-electron chi connectivity index (χ0n) is 18.5. The summed E-state index contributed by atoms with van der Waals surface area (Å²) < 4.78 is 30.4. The Labute approximate surface area is 187 Å². The number of hydrogen-bond donors (Lipinski definition) is 2. The predicted octanol–water partition coefficient (Wildman–Crippen LogP) is 4.08. The van der Waals surface area contributed by atoms with Crippen molar-refractivity contribution in [3.8, 4) is 22.6 Å². The molecule has 1 aliphatic heterocycles. The lowest BCUT2D eigenvalue weighted by Crippen LogP contribution is -2.31. The quantitative estimate of drug-likeness (QED) is 0.597. The van der Waals surface area contributed by atoms with Crippen molar-refractivity contribution in [2.45, 2.75) is 44.8 Å². The van der Waals surface area contributed by atoms with Crippen LogP contribution < -0.4 is 9.47 Å². The molecule has 172 valence electrons. The second-order valence-corrected chi connectivity index (χ2v) is 8.00. The molecule has 2 aromatic carbocycles. The average molecular weight is 444 g/mol. The van der Waals surface area contributed by atoms with E-state index in [1.54, 1.807) is 18.2 Å². The van der Waals surface area contributed by atoms with Gasteiger partial charge in [0, 0.05) is 12.0 Å². The van der Waals surface area contributed by atoms with E-state index in [4.69, 9.17) is 14.2 Å². The highest BCUT2D eigenvalue weighted by molar-refractivity contribution is 5.85. The van der Waals surface area contributed by atoms with Crippen LogP contribution >= 0.6 is 0 Å². The van der Waals surface area contributed by atoms with Gasteiger partial charge in [0.1, 0.15) is 18.5 Å². The zero-order valence-corrected chi connectivity index (χ0v) is 18.5. The van der Waals surface area contributed by atoms with Crippen molar-refractivity contribution >= 4 is 12.0 Å². The van der Waals surface area contributed by atoms with Gasteiger partial charge in [0.25, 0.3) is 0 Å². The fourth-order valence-corrected chi connectivity index (χ4v) is 3.83. The summed E-state index contributed by atoms with van der Waals surface area (Å²) in [6.45, 7) is 4.02. The fourth-order valence-electron chi connectivity index (χ4n) is 3.83. The van der Waals surface area contributed by atoms with Crippen molar-refractivity contribution in [1.29, 1.82) is 0 Å².